The Bertz CT molecular complexity index is 858. The number of carbonyl (C=O) groups is 2. The average molecular weight is 413 g/mol. The smallest absolute Gasteiger partial charge is 0.340 e. The second-order valence-electron chi connectivity index (χ2n) is 5.39. The molecule has 2 aromatic carbocycles. The number of halogens is 2. The Morgan fingerprint density at radius 2 is 1.78 bits per heavy atom. The van der Waals surface area contributed by atoms with Crippen molar-refractivity contribution in [2.75, 3.05) is 26.6 Å². The first-order valence-electron chi connectivity index (χ1n) is 7.75. The van der Waals surface area contributed by atoms with Crippen LogP contribution in [-0.4, -0.2) is 32.7 Å². The first kappa shape index (κ1) is 20.7. The molecular formula is C18H18Cl2N2O5. The average Bonchev–Trinajstić information content (AvgIpc) is 2.66. The van der Waals surface area contributed by atoms with Gasteiger partial charge in [0, 0.05) is 11.6 Å². The monoisotopic (exact) mass is 412 g/mol. The Kier molecular flexibility index (Phi) is 7.15. The number of nitrogens with two attached hydrogens (primary N) is 1. The SMILES string of the molecule is COc1ccc(CNC(=O)COC(=O)c2cc(Cl)cc(Cl)c2N)cc1OC. The van der Waals surface area contributed by atoms with Gasteiger partial charge in [-0.2, -0.15) is 0 Å². The third-order valence-corrected chi connectivity index (χ3v) is 4.12. The van der Waals surface area contributed by atoms with Gasteiger partial charge in [0.2, 0.25) is 0 Å². The lowest BCUT2D eigenvalue weighted by Gasteiger charge is -2.11. The molecule has 0 aliphatic carbocycles. The summed E-state index contributed by atoms with van der Waals surface area (Å²) in [6.45, 7) is -0.252. The van der Waals surface area contributed by atoms with Crippen LogP contribution >= 0.6 is 23.2 Å². The fourth-order valence-electron chi connectivity index (χ4n) is 2.20. The van der Waals surface area contributed by atoms with Crippen molar-refractivity contribution in [3.05, 3.63) is 51.5 Å². The van der Waals surface area contributed by atoms with Gasteiger partial charge in [-0.15, -0.1) is 0 Å². The number of rotatable bonds is 7. The fraction of sp³-hybridized carbons (Fsp3) is 0.222. The van der Waals surface area contributed by atoms with E-state index in [2.05, 4.69) is 5.32 Å². The molecule has 0 spiro atoms. The molecule has 9 heteroatoms. The van der Waals surface area contributed by atoms with Crippen molar-refractivity contribution in [3.63, 3.8) is 0 Å². The van der Waals surface area contributed by atoms with E-state index in [0.717, 1.165) is 5.56 Å². The van der Waals surface area contributed by atoms with Gasteiger partial charge in [0.25, 0.3) is 5.91 Å². The normalized spacial score (nSPS) is 10.2. The van der Waals surface area contributed by atoms with E-state index < -0.39 is 18.5 Å². The van der Waals surface area contributed by atoms with E-state index in [-0.39, 0.29) is 27.8 Å². The van der Waals surface area contributed by atoms with Gasteiger partial charge in [0.15, 0.2) is 18.1 Å². The molecule has 144 valence electrons. The molecule has 27 heavy (non-hydrogen) atoms. The highest BCUT2D eigenvalue weighted by atomic mass is 35.5. The van der Waals surface area contributed by atoms with Gasteiger partial charge in [-0.25, -0.2) is 4.79 Å². The number of esters is 1. The molecule has 2 aromatic rings. The first-order valence-corrected chi connectivity index (χ1v) is 8.50. The van der Waals surface area contributed by atoms with Crippen molar-refractivity contribution in [2.45, 2.75) is 6.54 Å². The van der Waals surface area contributed by atoms with E-state index in [1.165, 1.54) is 26.4 Å². The predicted molar refractivity (Wildman–Crippen MR) is 103 cm³/mol. The van der Waals surface area contributed by atoms with E-state index >= 15 is 0 Å². The lowest BCUT2D eigenvalue weighted by Crippen LogP contribution is -2.28. The highest BCUT2D eigenvalue weighted by Gasteiger charge is 2.16. The molecule has 0 saturated heterocycles. The van der Waals surface area contributed by atoms with Crippen molar-refractivity contribution >= 4 is 40.8 Å². The molecule has 0 fully saturated rings. The van der Waals surface area contributed by atoms with Crippen molar-refractivity contribution < 1.29 is 23.8 Å². The number of nitrogen functional groups attached to an aromatic ring is 1. The van der Waals surface area contributed by atoms with E-state index in [4.69, 9.17) is 43.1 Å². The van der Waals surface area contributed by atoms with Crippen LogP contribution in [0.3, 0.4) is 0 Å². The molecule has 0 heterocycles. The maximum atomic E-state index is 12.1. The Labute approximate surface area is 166 Å². The Morgan fingerprint density at radius 3 is 2.44 bits per heavy atom. The Balaban J connectivity index is 1.90. The molecule has 0 saturated carbocycles. The van der Waals surface area contributed by atoms with Crippen LogP contribution in [0.1, 0.15) is 15.9 Å². The molecule has 0 aromatic heterocycles. The third-order valence-electron chi connectivity index (χ3n) is 3.59. The molecule has 7 nitrogen and oxygen atoms in total. The van der Waals surface area contributed by atoms with Gasteiger partial charge in [-0.05, 0) is 29.8 Å². The minimum atomic E-state index is -0.793. The van der Waals surface area contributed by atoms with E-state index in [9.17, 15) is 9.59 Å². The van der Waals surface area contributed by atoms with Crippen molar-refractivity contribution in [1.82, 2.24) is 5.32 Å². The number of hydrogen-bond acceptors (Lipinski definition) is 6. The minimum Gasteiger partial charge on any atom is -0.493 e. The quantitative estimate of drug-likeness (QED) is 0.535. The largest absolute Gasteiger partial charge is 0.493 e. The number of benzene rings is 2. The molecule has 2 rings (SSSR count). The number of amides is 1. The molecule has 0 aliphatic heterocycles. The standard InChI is InChI=1S/C18H18Cl2N2O5/c1-25-14-4-3-10(5-15(14)26-2)8-22-16(23)9-27-18(24)12-6-11(19)7-13(20)17(12)21/h3-7H,8-9,21H2,1-2H3,(H,22,23). The van der Waals surface area contributed by atoms with Crippen LogP contribution in [0.4, 0.5) is 5.69 Å². The van der Waals surface area contributed by atoms with Crippen molar-refractivity contribution in [3.8, 4) is 11.5 Å². The highest BCUT2D eigenvalue weighted by Crippen LogP contribution is 2.28. The summed E-state index contributed by atoms with van der Waals surface area (Å²) in [5.41, 5.74) is 6.56. The van der Waals surface area contributed by atoms with Gasteiger partial charge in [0.1, 0.15) is 0 Å². The summed E-state index contributed by atoms with van der Waals surface area (Å²) in [6, 6.07) is 7.98. The topological polar surface area (TPSA) is 99.9 Å². The summed E-state index contributed by atoms with van der Waals surface area (Å²) in [4.78, 5) is 24.0. The van der Waals surface area contributed by atoms with Gasteiger partial charge < -0.3 is 25.3 Å². The Morgan fingerprint density at radius 1 is 1.07 bits per heavy atom. The van der Waals surface area contributed by atoms with Gasteiger partial charge in [-0.3, -0.25) is 4.79 Å². The lowest BCUT2D eigenvalue weighted by molar-refractivity contribution is -0.124. The zero-order valence-corrected chi connectivity index (χ0v) is 16.2. The Hall–Kier alpha value is -2.64. The second-order valence-corrected chi connectivity index (χ2v) is 6.23. The molecular weight excluding hydrogens is 395 g/mol. The van der Waals surface area contributed by atoms with Crippen LogP contribution in [0, 0.1) is 0 Å². The maximum absolute atomic E-state index is 12.1. The van der Waals surface area contributed by atoms with Crippen LogP contribution in [0.25, 0.3) is 0 Å². The second kappa shape index (κ2) is 9.34. The van der Waals surface area contributed by atoms with Crippen molar-refractivity contribution in [2.24, 2.45) is 0 Å². The zero-order chi connectivity index (χ0) is 20.0. The summed E-state index contributed by atoms with van der Waals surface area (Å²) in [5.74, 6) is -0.147. The third kappa shape index (κ3) is 5.42. The molecule has 0 unspecified atom stereocenters. The summed E-state index contributed by atoms with van der Waals surface area (Å²) in [7, 11) is 3.06. The summed E-state index contributed by atoms with van der Waals surface area (Å²) in [6.07, 6.45) is 0. The predicted octanol–water partition coefficient (Wildman–Crippen LogP) is 3.07. The van der Waals surface area contributed by atoms with Crippen LogP contribution in [-0.2, 0) is 16.1 Å². The summed E-state index contributed by atoms with van der Waals surface area (Å²) in [5, 5.41) is 3.00. The van der Waals surface area contributed by atoms with Crippen LogP contribution in [0.15, 0.2) is 30.3 Å². The molecule has 0 bridgehead atoms. The number of ether oxygens (including phenoxy) is 3. The first-order chi connectivity index (χ1) is 12.8. The number of methoxy groups -OCH3 is 2. The molecule has 0 aliphatic rings. The van der Waals surface area contributed by atoms with E-state index in [0.29, 0.717) is 11.5 Å². The lowest BCUT2D eigenvalue weighted by atomic mass is 10.2. The van der Waals surface area contributed by atoms with E-state index in [1.807, 2.05) is 0 Å². The minimum absolute atomic E-state index is 0.000177. The molecule has 0 atom stereocenters. The number of carbonyl (C=O) groups excluding carboxylic acids is 2. The van der Waals surface area contributed by atoms with Crippen LogP contribution < -0.4 is 20.5 Å². The van der Waals surface area contributed by atoms with Crippen LogP contribution in [0.2, 0.25) is 10.0 Å². The fourth-order valence-corrected chi connectivity index (χ4v) is 2.70. The van der Waals surface area contributed by atoms with Crippen molar-refractivity contribution in [1.29, 1.82) is 0 Å². The number of hydrogen-bond donors (Lipinski definition) is 2. The molecule has 1 amide bonds. The number of nitrogens with one attached hydrogen (secondary N) is 1. The molecule has 3 N–H and O–H groups in total. The summed E-state index contributed by atoms with van der Waals surface area (Å²) >= 11 is 11.7. The van der Waals surface area contributed by atoms with Gasteiger partial charge in [-0.1, -0.05) is 29.3 Å². The van der Waals surface area contributed by atoms with E-state index in [1.54, 1.807) is 18.2 Å². The zero-order valence-electron chi connectivity index (χ0n) is 14.7. The maximum Gasteiger partial charge on any atom is 0.340 e. The molecule has 0 radical (unpaired) electrons. The highest BCUT2D eigenvalue weighted by molar-refractivity contribution is 6.37. The van der Waals surface area contributed by atoms with Crippen LogP contribution in [0.5, 0.6) is 11.5 Å². The van der Waals surface area contributed by atoms with Gasteiger partial charge >= 0.3 is 5.97 Å². The number of anilines is 1. The van der Waals surface area contributed by atoms with Gasteiger partial charge in [0.05, 0.1) is 30.5 Å². The summed E-state index contributed by atoms with van der Waals surface area (Å²) < 4.78 is 15.3.